The van der Waals surface area contributed by atoms with Gasteiger partial charge in [0.1, 0.15) is 5.75 Å². The van der Waals surface area contributed by atoms with Crippen molar-refractivity contribution in [3.8, 4) is 5.75 Å². The van der Waals surface area contributed by atoms with Crippen LogP contribution in [-0.4, -0.2) is 46.9 Å². The topological polar surface area (TPSA) is 87.7 Å². The van der Waals surface area contributed by atoms with Crippen molar-refractivity contribution in [3.05, 3.63) is 18.2 Å². The third-order valence-electron chi connectivity index (χ3n) is 3.65. The highest BCUT2D eigenvalue weighted by Gasteiger charge is 2.24. The highest BCUT2D eigenvalue weighted by Crippen LogP contribution is 2.32. The molecule has 2 aliphatic heterocycles. The number of thioether (sulfide) groups is 1. The molecule has 2 N–H and O–H groups in total. The van der Waals surface area contributed by atoms with Crippen molar-refractivity contribution in [2.75, 3.05) is 29.5 Å². The summed E-state index contributed by atoms with van der Waals surface area (Å²) in [7, 11) is 0. The van der Waals surface area contributed by atoms with Crippen molar-refractivity contribution < 1.29 is 19.1 Å². The fraction of sp³-hybridized carbons (Fsp3) is 0.400. The van der Waals surface area contributed by atoms with Crippen LogP contribution in [0.3, 0.4) is 0 Å². The van der Waals surface area contributed by atoms with Crippen LogP contribution in [0, 0.1) is 0 Å². The molecule has 0 bridgehead atoms. The molecule has 3 amide bonds. The van der Waals surface area contributed by atoms with Crippen molar-refractivity contribution >= 4 is 40.2 Å². The molecule has 0 radical (unpaired) electrons. The largest absolute Gasteiger partial charge is 0.479 e. The molecular weight excluding hydrogens is 318 g/mol. The van der Waals surface area contributed by atoms with Crippen molar-refractivity contribution in [1.82, 2.24) is 4.90 Å². The van der Waals surface area contributed by atoms with Crippen LogP contribution in [-0.2, 0) is 9.59 Å². The summed E-state index contributed by atoms with van der Waals surface area (Å²) in [6.45, 7) is 2.78. The first-order chi connectivity index (χ1) is 11.0. The van der Waals surface area contributed by atoms with Gasteiger partial charge in [-0.2, -0.15) is 0 Å². The maximum Gasteiger partial charge on any atom is 0.281 e. The molecule has 23 heavy (non-hydrogen) atoms. The molecule has 0 spiro atoms. The van der Waals surface area contributed by atoms with Gasteiger partial charge in [0.25, 0.3) is 11.1 Å². The lowest BCUT2D eigenvalue weighted by Gasteiger charge is -2.23. The van der Waals surface area contributed by atoms with E-state index in [1.54, 1.807) is 30.0 Å². The first kappa shape index (κ1) is 15.7. The SMILES string of the molecule is CC1Oc2ccc(NC(=O)CCN3CCSC3=O)cc2NC1=O. The average molecular weight is 335 g/mol. The van der Waals surface area contributed by atoms with Crippen molar-refractivity contribution in [2.45, 2.75) is 19.4 Å². The molecule has 1 aromatic rings. The molecule has 1 fully saturated rings. The van der Waals surface area contributed by atoms with E-state index >= 15 is 0 Å². The molecule has 1 saturated heterocycles. The Morgan fingerprint density at radius 2 is 2.30 bits per heavy atom. The Kier molecular flexibility index (Phi) is 4.42. The fourth-order valence-corrected chi connectivity index (χ4v) is 3.23. The molecule has 3 rings (SSSR count). The Hall–Kier alpha value is -2.22. The van der Waals surface area contributed by atoms with Crippen molar-refractivity contribution in [2.24, 2.45) is 0 Å². The molecule has 0 saturated carbocycles. The summed E-state index contributed by atoms with van der Waals surface area (Å²) >= 11 is 1.28. The van der Waals surface area contributed by atoms with Gasteiger partial charge >= 0.3 is 0 Å². The van der Waals surface area contributed by atoms with E-state index in [1.165, 1.54) is 11.8 Å². The van der Waals surface area contributed by atoms with E-state index in [0.29, 0.717) is 30.2 Å². The van der Waals surface area contributed by atoms with Crippen LogP contribution in [0.1, 0.15) is 13.3 Å². The molecule has 2 aliphatic rings. The summed E-state index contributed by atoms with van der Waals surface area (Å²) in [5.74, 6) is 0.968. The Morgan fingerprint density at radius 1 is 1.48 bits per heavy atom. The lowest BCUT2D eigenvalue weighted by molar-refractivity contribution is -0.122. The van der Waals surface area contributed by atoms with Gasteiger partial charge in [0, 0.05) is 31.0 Å². The normalized spacial score (nSPS) is 19.9. The Labute approximate surface area is 137 Å². The first-order valence-electron chi connectivity index (χ1n) is 7.36. The minimum absolute atomic E-state index is 0.0283. The molecule has 1 unspecified atom stereocenters. The molecule has 1 atom stereocenters. The second-order valence-corrected chi connectivity index (χ2v) is 6.41. The number of amides is 3. The second-order valence-electron chi connectivity index (χ2n) is 5.36. The molecule has 122 valence electrons. The zero-order valence-corrected chi connectivity index (χ0v) is 13.4. The standard InChI is InChI=1S/C15H17N3O4S/c1-9-14(20)17-11-8-10(2-3-12(11)22-9)16-13(19)4-5-18-6-7-23-15(18)21/h2-3,8-9H,4-7H2,1H3,(H,16,19)(H,17,20). The van der Waals surface area contributed by atoms with Gasteiger partial charge in [0.2, 0.25) is 5.91 Å². The number of benzene rings is 1. The number of rotatable bonds is 4. The Bertz CT molecular complexity index is 664. The minimum Gasteiger partial charge on any atom is -0.479 e. The number of fused-ring (bicyclic) bond motifs is 1. The third-order valence-corrected chi connectivity index (χ3v) is 4.54. The van der Waals surface area contributed by atoms with Crippen LogP contribution in [0.15, 0.2) is 18.2 Å². The lowest BCUT2D eigenvalue weighted by Crippen LogP contribution is -2.34. The van der Waals surface area contributed by atoms with Gasteiger partial charge in [-0.15, -0.1) is 0 Å². The summed E-state index contributed by atoms with van der Waals surface area (Å²) in [5.41, 5.74) is 1.12. The Balaban J connectivity index is 1.57. The van der Waals surface area contributed by atoms with Crippen molar-refractivity contribution in [3.63, 3.8) is 0 Å². The number of ether oxygens (including phenoxy) is 1. The van der Waals surface area contributed by atoms with Crippen LogP contribution in [0.25, 0.3) is 0 Å². The molecule has 8 heteroatoms. The number of nitrogens with one attached hydrogen (secondary N) is 2. The van der Waals surface area contributed by atoms with E-state index in [9.17, 15) is 14.4 Å². The lowest BCUT2D eigenvalue weighted by atomic mass is 10.2. The molecular formula is C15H17N3O4S. The average Bonchev–Trinajstić information content (AvgIpc) is 2.92. The van der Waals surface area contributed by atoms with Crippen LogP contribution >= 0.6 is 11.8 Å². The van der Waals surface area contributed by atoms with E-state index in [1.807, 2.05) is 0 Å². The zero-order chi connectivity index (χ0) is 16.4. The maximum atomic E-state index is 12.0. The Morgan fingerprint density at radius 3 is 3.04 bits per heavy atom. The van der Waals surface area contributed by atoms with Gasteiger partial charge in [-0.1, -0.05) is 11.8 Å². The van der Waals surface area contributed by atoms with Gasteiger partial charge in [0.15, 0.2) is 6.10 Å². The number of nitrogens with zero attached hydrogens (tertiary/aromatic N) is 1. The monoisotopic (exact) mass is 335 g/mol. The quantitative estimate of drug-likeness (QED) is 0.877. The van der Waals surface area contributed by atoms with Crippen LogP contribution in [0.5, 0.6) is 5.75 Å². The summed E-state index contributed by atoms with van der Waals surface area (Å²) in [6, 6.07) is 5.09. The molecule has 7 nitrogen and oxygen atoms in total. The minimum atomic E-state index is -0.529. The van der Waals surface area contributed by atoms with Gasteiger partial charge < -0.3 is 20.3 Å². The molecule has 0 aromatic heterocycles. The van der Waals surface area contributed by atoms with Crippen molar-refractivity contribution in [1.29, 1.82) is 0 Å². The third kappa shape index (κ3) is 3.58. The predicted molar refractivity (Wildman–Crippen MR) is 87.8 cm³/mol. The predicted octanol–water partition coefficient (Wildman–Crippen LogP) is 1.90. The van der Waals surface area contributed by atoms with E-state index in [0.717, 1.165) is 5.75 Å². The highest BCUT2D eigenvalue weighted by molar-refractivity contribution is 8.13. The van der Waals surface area contributed by atoms with E-state index in [-0.39, 0.29) is 23.5 Å². The summed E-state index contributed by atoms with van der Waals surface area (Å²) in [6.07, 6.45) is -0.290. The number of carbonyl (C=O) groups excluding carboxylic acids is 3. The van der Waals surface area contributed by atoms with Gasteiger partial charge in [-0.3, -0.25) is 14.4 Å². The zero-order valence-electron chi connectivity index (χ0n) is 12.6. The molecule has 0 aliphatic carbocycles. The van der Waals surface area contributed by atoms with E-state index in [4.69, 9.17) is 4.74 Å². The van der Waals surface area contributed by atoms with Crippen LogP contribution in [0.4, 0.5) is 16.2 Å². The number of hydrogen-bond donors (Lipinski definition) is 2. The van der Waals surface area contributed by atoms with Crippen LogP contribution in [0.2, 0.25) is 0 Å². The first-order valence-corrected chi connectivity index (χ1v) is 8.34. The van der Waals surface area contributed by atoms with E-state index < -0.39 is 6.10 Å². The van der Waals surface area contributed by atoms with Gasteiger partial charge in [-0.05, 0) is 25.1 Å². The maximum absolute atomic E-state index is 12.0. The van der Waals surface area contributed by atoms with Crippen LogP contribution < -0.4 is 15.4 Å². The fourth-order valence-electron chi connectivity index (χ4n) is 2.38. The van der Waals surface area contributed by atoms with Gasteiger partial charge in [-0.25, -0.2) is 0 Å². The summed E-state index contributed by atoms with van der Waals surface area (Å²) in [4.78, 5) is 36.7. The highest BCUT2D eigenvalue weighted by atomic mass is 32.2. The summed E-state index contributed by atoms with van der Waals surface area (Å²) in [5, 5.41) is 5.53. The molecule has 2 heterocycles. The number of carbonyl (C=O) groups is 3. The second kappa shape index (κ2) is 6.49. The number of anilines is 2. The summed E-state index contributed by atoms with van der Waals surface area (Å²) < 4.78 is 5.46. The van der Waals surface area contributed by atoms with E-state index in [2.05, 4.69) is 10.6 Å². The number of hydrogen-bond acceptors (Lipinski definition) is 5. The smallest absolute Gasteiger partial charge is 0.281 e. The molecule has 1 aromatic carbocycles. The van der Waals surface area contributed by atoms with Gasteiger partial charge in [0.05, 0.1) is 5.69 Å².